The third-order valence-electron chi connectivity index (χ3n) is 3.38. The highest BCUT2D eigenvalue weighted by molar-refractivity contribution is 6.17. The van der Waals surface area contributed by atoms with Gasteiger partial charge in [0.2, 0.25) is 0 Å². The fraction of sp³-hybridized carbons (Fsp3) is 0.188. The van der Waals surface area contributed by atoms with Crippen molar-refractivity contribution in [3.63, 3.8) is 0 Å². The van der Waals surface area contributed by atoms with Crippen LogP contribution in [0.1, 0.15) is 11.4 Å². The highest BCUT2D eigenvalue weighted by Crippen LogP contribution is 2.30. The second kappa shape index (κ2) is 5.37. The van der Waals surface area contributed by atoms with Gasteiger partial charge in [-0.05, 0) is 36.8 Å². The van der Waals surface area contributed by atoms with E-state index in [4.69, 9.17) is 16.3 Å². The lowest BCUT2D eigenvalue weighted by molar-refractivity contribution is 0.409. The molecule has 2 aromatic carbocycles. The summed E-state index contributed by atoms with van der Waals surface area (Å²) in [5, 5.41) is 0. The molecule has 0 saturated carbocycles. The van der Waals surface area contributed by atoms with Gasteiger partial charge in [-0.1, -0.05) is 6.07 Å². The van der Waals surface area contributed by atoms with Crippen LogP contribution in [0.5, 0.6) is 5.75 Å². The maximum absolute atomic E-state index is 13.4. The van der Waals surface area contributed by atoms with Crippen molar-refractivity contribution in [1.29, 1.82) is 0 Å². The van der Waals surface area contributed by atoms with Crippen molar-refractivity contribution in [2.45, 2.75) is 12.8 Å². The standard InChI is InChI=1S/C16H14ClFN2O/c1-10-3-5-12-14(7-10)20(16(9-17)19-12)13-6-4-11(18)8-15(13)21-2/h3-8H,9H2,1-2H3. The molecule has 1 heterocycles. The minimum atomic E-state index is -0.344. The Morgan fingerprint density at radius 3 is 2.76 bits per heavy atom. The molecule has 3 nitrogen and oxygen atoms in total. The van der Waals surface area contributed by atoms with E-state index in [1.165, 1.54) is 19.2 Å². The van der Waals surface area contributed by atoms with E-state index in [0.717, 1.165) is 22.3 Å². The third kappa shape index (κ3) is 2.36. The monoisotopic (exact) mass is 304 g/mol. The van der Waals surface area contributed by atoms with Crippen LogP contribution in [0.4, 0.5) is 4.39 Å². The van der Waals surface area contributed by atoms with Crippen LogP contribution in [0.15, 0.2) is 36.4 Å². The Morgan fingerprint density at radius 1 is 1.24 bits per heavy atom. The molecule has 21 heavy (non-hydrogen) atoms. The molecule has 3 aromatic rings. The number of benzene rings is 2. The van der Waals surface area contributed by atoms with Crippen LogP contribution < -0.4 is 4.74 Å². The quantitative estimate of drug-likeness (QED) is 0.677. The molecular formula is C16H14ClFN2O. The van der Waals surface area contributed by atoms with Crippen molar-refractivity contribution in [2.75, 3.05) is 7.11 Å². The van der Waals surface area contributed by atoms with Gasteiger partial charge < -0.3 is 4.74 Å². The van der Waals surface area contributed by atoms with Crippen molar-refractivity contribution in [3.8, 4) is 11.4 Å². The van der Waals surface area contributed by atoms with E-state index >= 15 is 0 Å². The zero-order valence-corrected chi connectivity index (χ0v) is 12.5. The molecule has 0 fully saturated rings. The maximum atomic E-state index is 13.4. The first-order chi connectivity index (χ1) is 10.1. The van der Waals surface area contributed by atoms with Crippen LogP contribution in [-0.2, 0) is 5.88 Å². The summed E-state index contributed by atoms with van der Waals surface area (Å²) in [7, 11) is 1.52. The molecule has 0 bridgehead atoms. The number of aromatic nitrogens is 2. The van der Waals surface area contributed by atoms with Crippen molar-refractivity contribution in [1.82, 2.24) is 9.55 Å². The summed E-state index contributed by atoms with van der Waals surface area (Å²) in [5.74, 6) is 1.06. The molecule has 0 atom stereocenters. The summed E-state index contributed by atoms with van der Waals surface area (Å²) >= 11 is 6.02. The predicted molar refractivity (Wildman–Crippen MR) is 81.9 cm³/mol. The highest BCUT2D eigenvalue weighted by atomic mass is 35.5. The smallest absolute Gasteiger partial charge is 0.145 e. The Labute approximate surface area is 126 Å². The molecule has 108 valence electrons. The Morgan fingerprint density at radius 2 is 2.05 bits per heavy atom. The number of aryl methyl sites for hydroxylation is 1. The van der Waals surface area contributed by atoms with E-state index in [1.807, 2.05) is 29.7 Å². The van der Waals surface area contributed by atoms with Crippen molar-refractivity contribution in [3.05, 3.63) is 53.6 Å². The van der Waals surface area contributed by atoms with Gasteiger partial charge in [-0.15, -0.1) is 11.6 Å². The Hall–Kier alpha value is -2.07. The largest absolute Gasteiger partial charge is 0.494 e. The number of imidazole rings is 1. The molecule has 3 rings (SSSR count). The van der Waals surface area contributed by atoms with Crippen LogP contribution in [0.25, 0.3) is 16.7 Å². The number of hydrogen-bond donors (Lipinski definition) is 0. The van der Waals surface area contributed by atoms with Crippen LogP contribution in [0, 0.1) is 12.7 Å². The second-order valence-corrected chi connectivity index (χ2v) is 5.07. The van der Waals surface area contributed by atoms with Crippen LogP contribution in [0.2, 0.25) is 0 Å². The number of alkyl halides is 1. The van der Waals surface area contributed by atoms with Crippen molar-refractivity contribution < 1.29 is 9.13 Å². The molecule has 0 unspecified atom stereocenters. The molecule has 0 saturated heterocycles. The lowest BCUT2D eigenvalue weighted by atomic mass is 10.2. The van der Waals surface area contributed by atoms with E-state index in [0.29, 0.717) is 11.6 Å². The minimum absolute atomic E-state index is 0.258. The SMILES string of the molecule is COc1cc(F)ccc1-n1c(CCl)nc2ccc(C)cc21. The van der Waals surface area contributed by atoms with Gasteiger partial charge in [0.05, 0.1) is 29.7 Å². The zero-order chi connectivity index (χ0) is 15.0. The number of ether oxygens (including phenoxy) is 1. The molecule has 0 spiro atoms. The summed E-state index contributed by atoms with van der Waals surface area (Å²) in [5.41, 5.74) is 3.62. The number of nitrogens with zero attached hydrogens (tertiary/aromatic N) is 2. The predicted octanol–water partition coefficient (Wildman–Crippen LogP) is 4.22. The molecule has 1 aromatic heterocycles. The first-order valence-corrected chi connectivity index (χ1v) is 7.05. The Balaban J connectivity index is 2.35. The number of hydrogen-bond acceptors (Lipinski definition) is 2. The number of fused-ring (bicyclic) bond motifs is 1. The molecule has 0 amide bonds. The van der Waals surface area contributed by atoms with E-state index in [9.17, 15) is 4.39 Å². The summed E-state index contributed by atoms with van der Waals surface area (Å²) in [6.07, 6.45) is 0. The van der Waals surface area contributed by atoms with Gasteiger partial charge in [-0.3, -0.25) is 4.57 Å². The molecule has 0 radical (unpaired) electrons. The van der Waals surface area contributed by atoms with E-state index in [-0.39, 0.29) is 11.7 Å². The maximum Gasteiger partial charge on any atom is 0.145 e. The number of halogens is 2. The van der Waals surface area contributed by atoms with Gasteiger partial charge in [0.25, 0.3) is 0 Å². The first kappa shape index (κ1) is 13.9. The molecule has 0 aliphatic carbocycles. The van der Waals surface area contributed by atoms with E-state index in [2.05, 4.69) is 4.98 Å². The molecule has 0 N–H and O–H groups in total. The average molecular weight is 305 g/mol. The summed E-state index contributed by atoms with van der Waals surface area (Å²) < 4.78 is 20.6. The molecular weight excluding hydrogens is 291 g/mol. The molecule has 5 heteroatoms. The van der Waals surface area contributed by atoms with Gasteiger partial charge in [0.1, 0.15) is 17.4 Å². The summed E-state index contributed by atoms with van der Waals surface area (Å²) in [6, 6.07) is 10.4. The van der Waals surface area contributed by atoms with E-state index < -0.39 is 0 Å². The van der Waals surface area contributed by atoms with Crippen molar-refractivity contribution in [2.24, 2.45) is 0 Å². The van der Waals surface area contributed by atoms with Crippen LogP contribution >= 0.6 is 11.6 Å². The van der Waals surface area contributed by atoms with Gasteiger partial charge in [-0.2, -0.15) is 0 Å². The van der Waals surface area contributed by atoms with Gasteiger partial charge in [0.15, 0.2) is 0 Å². The fourth-order valence-corrected chi connectivity index (χ4v) is 2.61. The lowest BCUT2D eigenvalue weighted by Gasteiger charge is -2.12. The molecule has 0 aliphatic rings. The van der Waals surface area contributed by atoms with Gasteiger partial charge in [0, 0.05) is 6.07 Å². The van der Waals surface area contributed by atoms with Crippen LogP contribution in [-0.4, -0.2) is 16.7 Å². The minimum Gasteiger partial charge on any atom is -0.494 e. The number of methoxy groups -OCH3 is 1. The van der Waals surface area contributed by atoms with Gasteiger partial charge in [-0.25, -0.2) is 9.37 Å². The highest BCUT2D eigenvalue weighted by Gasteiger charge is 2.15. The second-order valence-electron chi connectivity index (χ2n) is 4.81. The van der Waals surface area contributed by atoms with Crippen LogP contribution in [0.3, 0.4) is 0 Å². The summed E-state index contributed by atoms with van der Waals surface area (Å²) in [6.45, 7) is 2.01. The van der Waals surface area contributed by atoms with E-state index in [1.54, 1.807) is 6.07 Å². The lowest BCUT2D eigenvalue weighted by Crippen LogP contribution is -2.02. The summed E-state index contributed by atoms with van der Waals surface area (Å²) in [4.78, 5) is 4.53. The van der Waals surface area contributed by atoms with Gasteiger partial charge >= 0.3 is 0 Å². The zero-order valence-electron chi connectivity index (χ0n) is 11.7. The first-order valence-electron chi connectivity index (χ1n) is 6.52. The van der Waals surface area contributed by atoms with Crippen molar-refractivity contribution >= 4 is 22.6 Å². The number of rotatable bonds is 3. The normalized spacial score (nSPS) is 11.0. The third-order valence-corrected chi connectivity index (χ3v) is 3.62. The Bertz CT molecular complexity index is 813. The fourth-order valence-electron chi connectivity index (χ4n) is 2.43. The molecule has 0 aliphatic heterocycles. The topological polar surface area (TPSA) is 27.1 Å². The average Bonchev–Trinajstić information content (AvgIpc) is 2.84. The Kier molecular flexibility index (Phi) is 3.55.